The summed E-state index contributed by atoms with van der Waals surface area (Å²) >= 11 is 0. The summed E-state index contributed by atoms with van der Waals surface area (Å²) in [4.78, 5) is 23.0. The minimum atomic E-state index is -0.879. The Morgan fingerprint density at radius 1 is 1.00 bits per heavy atom. The van der Waals surface area contributed by atoms with Gasteiger partial charge in [0.1, 0.15) is 24.6 Å². The Kier molecular flexibility index (Phi) is 11.0. The largest absolute Gasteiger partial charge is 0.493 e. The lowest BCUT2D eigenvalue weighted by Gasteiger charge is -2.19. The Bertz CT molecular complexity index is 1170. The number of amides is 1. The third-order valence-corrected chi connectivity index (χ3v) is 5.81. The lowest BCUT2D eigenvalue weighted by molar-refractivity contribution is -0.107. The summed E-state index contributed by atoms with van der Waals surface area (Å²) in [5.74, 6) is 1.22. The van der Waals surface area contributed by atoms with E-state index in [2.05, 4.69) is 5.32 Å². The van der Waals surface area contributed by atoms with Gasteiger partial charge in [0.2, 0.25) is 6.41 Å². The van der Waals surface area contributed by atoms with E-state index in [1.54, 1.807) is 42.3 Å². The molecule has 3 aromatic carbocycles. The topological polar surface area (TPSA) is 118 Å². The van der Waals surface area contributed by atoms with Gasteiger partial charge in [-0.25, -0.2) is 4.79 Å². The Labute approximate surface area is 222 Å². The lowest BCUT2D eigenvalue weighted by atomic mass is 10.1. The van der Waals surface area contributed by atoms with Crippen molar-refractivity contribution < 1.29 is 34.0 Å². The number of para-hydroxylation sites is 2. The van der Waals surface area contributed by atoms with Gasteiger partial charge < -0.3 is 34.6 Å². The van der Waals surface area contributed by atoms with Gasteiger partial charge in [-0.1, -0.05) is 36.4 Å². The summed E-state index contributed by atoms with van der Waals surface area (Å²) in [6, 6.07) is 21.4. The smallest absolute Gasteiger partial charge is 0.335 e. The number of fused-ring (bicyclic) bond motifs is 1. The summed E-state index contributed by atoms with van der Waals surface area (Å²) in [6.07, 6.45) is 0.845. The van der Waals surface area contributed by atoms with Crippen LogP contribution in [0.5, 0.6) is 17.2 Å². The molecule has 4 rings (SSSR count). The number of aliphatic hydroxyl groups excluding tert-OH is 1. The van der Waals surface area contributed by atoms with Gasteiger partial charge in [-0.05, 0) is 49.7 Å². The van der Waals surface area contributed by atoms with Gasteiger partial charge in [0, 0.05) is 25.2 Å². The number of methoxy groups -OCH3 is 1. The van der Waals surface area contributed by atoms with E-state index in [1.807, 2.05) is 49.4 Å². The van der Waals surface area contributed by atoms with Crippen molar-refractivity contribution in [2.45, 2.75) is 25.6 Å². The molecule has 0 aliphatic carbocycles. The highest BCUT2D eigenvalue weighted by atomic mass is 16.5. The third-order valence-electron chi connectivity index (χ3n) is 5.81. The van der Waals surface area contributed by atoms with E-state index in [0.717, 1.165) is 29.8 Å². The maximum atomic E-state index is 11.1. The number of hydrogen-bond acceptors (Lipinski definition) is 7. The van der Waals surface area contributed by atoms with Crippen molar-refractivity contribution >= 4 is 18.1 Å². The van der Waals surface area contributed by atoms with E-state index in [9.17, 15) is 14.7 Å². The molecule has 1 aliphatic heterocycles. The number of nitrogens with one attached hydrogen (secondary N) is 1. The van der Waals surface area contributed by atoms with Gasteiger partial charge in [-0.2, -0.15) is 0 Å². The molecule has 0 saturated heterocycles. The first-order chi connectivity index (χ1) is 18.4. The zero-order valence-electron chi connectivity index (χ0n) is 21.6. The fourth-order valence-corrected chi connectivity index (χ4v) is 3.93. The Hall–Kier alpha value is -4.08. The summed E-state index contributed by atoms with van der Waals surface area (Å²) in [5.41, 5.74) is 2.23. The molecule has 0 fully saturated rings. The number of aliphatic hydroxyl groups is 1. The molecule has 3 aromatic rings. The van der Waals surface area contributed by atoms with Crippen LogP contribution in [0.25, 0.3) is 0 Å². The molecule has 1 aliphatic rings. The molecule has 9 heteroatoms. The molecular formula is C29H34N2O7. The highest BCUT2D eigenvalue weighted by Crippen LogP contribution is 2.34. The van der Waals surface area contributed by atoms with E-state index < -0.39 is 12.1 Å². The van der Waals surface area contributed by atoms with Gasteiger partial charge >= 0.3 is 5.97 Å². The van der Waals surface area contributed by atoms with Crippen LogP contribution in [0.1, 0.15) is 22.8 Å². The van der Waals surface area contributed by atoms with Gasteiger partial charge in [-0.15, -0.1) is 0 Å². The van der Waals surface area contributed by atoms with Crippen LogP contribution in [0.3, 0.4) is 0 Å². The van der Waals surface area contributed by atoms with Crippen molar-refractivity contribution in [1.29, 1.82) is 0 Å². The maximum Gasteiger partial charge on any atom is 0.335 e. The number of benzene rings is 3. The highest BCUT2D eigenvalue weighted by Gasteiger charge is 2.22. The second-order valence-corrected chi connectivity index (χ2v) is 8.68. The number of aromatic carboxylic acids is 1. The number of carboxylic acids is 1. The van der Waals surface area contributed by atoms with Crippen LogP contribution in [0.15, 0.2) is 72.8 Å². The minimum absolute atomic E-state index is 0.0915. The van der Waals surface area contributed by atoms with E-state index in [1.165, 1.54) is 0 Å². The maximum absolute atomic E-state index is 11.1. The van der Waals surface area contributed by atoms with Crippen LogP contribution in [-0.2, 0) is 11.2 Å². The van der Waals surface area contributed by atoms with Crippen LogP contribution in [0, 0.1) is 0 Å². The van der Waals surface area contributed by atoms with Crippen molar-refractivity contribution in [3.8, 4) is 17.2 Å². The first kappa shape index (κ1) is 28.5. The number of carboxylic acid groups (broad SMARTS) is 1. The average Bonchev–Trinajstić information content (AvgIpc) is 3.37. The zero-order chi connectivity index (χ0) is 27.3. The van der Waals surface area contributed by atoms with E-state index in [0.29, 0.717) is 36.7 Å². The van der Waals surface area contributed by atoms with Crippen LogP contribution in [0.2, 0.25) is 0 Å². The molecule has 9 nitrogen and oxygen atoms in total. The molecular weight excluding hydrogens is 488 g/mol. The monoisotopic (exact) mass is 522 g/mol. The Morgan fingerprint density at radius 3 is 2.34 bits per heavy atom. The number of ether oxygens (including phenoxy) is 3. The van der Waals surface area contributed by atoms with Crippen LogP contribution < -0.4 is 24.4 Å². The number of carbonyl (C=O) groups excluding carboxylic acids is 1. The minimum Gasteiger partial charge on any atom is -0.493 e. The molecule has 0 aromatic heterocycles. The first-order valence-electron chi connectivity index (χ1n) is 12.4. The molecule has 202 valence electrons. The molecule has 2 unspecified atom stereocenters. The van der Waals surface area contributed by atoms with Crippen LogP contribution in [0.4, 0.5) is 5.69 Å². The number of nitrogens with zero attached hydrogens (tertiary/aromatic N) is 1. The predicted octanol–water partition coefficient (Wildman–Crippen LogP) is 3.40. The number of carbonyl (C=O) groups is 2. The normalized spacial score (nSPS) is 13.4. The van der Waals surface area contributed by atoms with E-state index in [4.69, 9.17) is 19.3 Å². The molecule has 0 spiro atoms. The standard InChI is InChI=1S/C22H28N2O5.C7H6O2/c1-16(29-22-8-4-3-7-21(22)27-2)12-23-13-17(26)14-28-20-9-5-6-19-18(20)10-11-24(19)15-25;8-7(9)6-4-2-1-3-5-6/h3-9,15-17,23,26H,10-14H2,1-2H3;1-5H,(H,8,9). The quantitative estimate of drug-likeness (QED) is 0.310. The summed E-state index contributed by atoms with van der Waals surface area (Å²) < 4.78 is 17.0. The predicted molar refractivity (Wildman–Crippen MR) is 144 cm³/mol. The molecule has 2 atom stereocenters. The first-order valence-corrected chi connectivity index (χ1v) is 12.4. The molecule has 0 radical (unpaired) electrons. The molecule has 1 amide bonds. The zero-order valence-corrected chi connectivity index (χ0v) is 21.6. The summed E-state index contributed by atoms with van der Waals surface area (Å²) in [7, 11) is 1.61. The Balaban J connectivity index is 0.000000375. The highest BCUT2D eigenvalue weighted by molar-refractivity contribution is 5.87. The van der Waals surface area contributed by atoms with Gasteiger partial charge in [0.05, 0.1) is 18.4 Å². The van der Waals surface area contributed by atoms with Gasteiger partial charge in [-0.3, -0.25) is 4.79 Å². The molecule has 0 saturated carbocycles. The molecule has 3 N–H and O–H groups in total. The molecule has 0 bridgehead atoms. The fraction of sp³-hybridized carbons (Fsp3) is 0.310. The second kappa shape index (κ2) is 14.6. The number of anilines is 1. The molecule has 38 heavy (non-hydrogen) atoms. The summed E-state index contributed by atoms with van der Waals surface area (Å²) in [6.45, 7) is 3.74. The van der Waals surface area contributed by atoms with Gasteiger partial charge in [0.25, 0.3) is 0 Å². The van der Waals surface area contributed by atoms with Crippen molar-refractivity contribution in [2.75, 3.05) is 38.3 Å². The second-order valence-electron chi connectivity index (χ2n) is 8.68. The van der Waals surface area contributed by atoms with Crippen molar-refractivity contribution in [1.82, 2.24) is 5.32 Å². The summed E-state index contributed by atoms with van der Waals surface area (Å²) in [5, 5.41) is 21.8. The average molecular weight is 523 g/mol. The number of rotatable bonds is 12. The van der Waals surface area contributed by atoms with E-state index >= 15 is 0 Å². The van der Waals surface area contributed by atoms with Crippen molar-refractivity contribution in [2.24, 2.45) is 0 Å². The van der Waals surface area contributed by atoms with Crippen LogP contribution >= 0.6 is 0 Å². The number of hydrogen-bond donors (Lipinski definition) is 3. The molecule has 1 heterocycles. The SMILES string of the molecule is COc1ccccc1OC(C)CNCC(O)COc1cccc2c1CCN2C=O.O=C(O)c1ccccc1. The van der Waals surface area contributed by atoms with Gasteiger partial charge in [0.15, 0.2) is 11.5 Å². The van der Waals surface area contributed by atoms with Crippen molar-refractivity contribution in [3.63, 3.8) is 0 Å². The lowest BCUT2D eigenvalue weighted by Crippen LogP contribution is -2.36. The fourth-order valence-electron chi connectivity index (χ4n) is 3.93. The Morgan fingerprint density at radius 2 is 1.68 bits per heavy atom. The van der Waals surface area contributed by atoms with E-state index in [-0.39, 0.29) is 12.7 Å². The van der Waals surface area contributed by atoms with Crippen LogP contribution in [-0.4, -0.2) is 68.2 Å². The van der Waals surface area contributed by atoms with Crippen molar-refractivity contribution in [3.05, 3.63) is 83.9 Å². The third kappa shape index (κ3) is 8.22.